The van der Waals surface area contributed by atoms with E-state index in [1.165, 1.54) is 6.16 Å². The predicted molar refractivity (Wildman–Crippen MR) is 25.5 cm³/mol. The van der Waals surface area contributed by atoms with Gasteiger partial charge in [0, 0.05) is 6.16 Å². The molecule has 1 aliphatic rings. The number of rotatable bonds is 0. The van der Waals surface area contributed by atoms with Crippen LogP contribution in [0.25, 0.3) is 0 Å². The molecule has 1 atom stereocenters. The van der Waals surface area contributed by atoms with Gasteiger partial charge >= 0.3 is 0 Å². The summed E-state index contributed by atoms with van der Waals surface area (Å²) in [6.45, 7) is 0. The summed E-state index contributed by atoms with van der Waals surface area (Å²) in [5, 5.41) is 3.07. The van der Waals surface area contributed by atoms with Crippen LogP contribution in [0.2, 0.25) is 0 Å². The third-order valence-electron chi connectivity index (χ3n) is 0.523. The third kappa shape index (κ3) is 0.624. The standard InChI is InChI=1S/C3H6NP/c1-2-4-5-3-1/h1-2,4-5H,3H2. The molecule has 0 aromatic rings. The molecule has 1 N–H and O–H groups in total. The highest BCUT2D eigenvalue weighted by Crippen LogP contribution is 2.07. The van der Waals surface area contributed by atoms with Crippen molar-refractivity contribution in [2.45, 2.75) is 0 Å². The van der Waals surface area contributed by atoms with E-state index in [4.69, 9.17) is 0 Å². The van der Waals surface area contributed by atoms with Gasteiger partial charge in [0.1, 0.15) is 0 Å². The van der Waals surface area contributed by atoms with Gasteiger partial charge in [-0.2, -0.15) is 0 Å². The molecule has 0 saturated heterocycles. The SMILES string of the molecule is C1=CNPC1. The Morgan fingerprint density at radius 2 is 2.80 bits per heavy atom. The molecule has 0 spiro atoms. The lowest BCUT2D eigenvalue weighted by Gasteiger charge is -1.78. The summed E-state index contributed by atoms with van der Waals surface area (Å²) < 4.78 is 0. The van der Waals surface area contributed by atoms with Gasteiger partial charge in [-0.25, -0.2) is 0 Å². The molecule has 1 nitrogen and oxygen atoms in total. The van der Waals surface area contributed by atoms with Crippen molar-refractivity contribution in [2.75, 3.05) is 6.16 Å². The van der Waals surface area contributed by atoms with Crippen LogP contribution in [0.4, 0.5) is 0 Å². The van der Waals surface area contributed by atoms with Crippen LogP contribution in [0.1, 0.15) is 0 Å². The third-order valence-corrected chi connectivity index (χ3v) is 1.33. The second kappa shape index (κ2) is 1.42. The monoisotopic (exact) mass is 87.0 g/mol. The largest absolute Gasteiger partial charge is 0.373 e. The maximum atomic E-state index is 3.07. The fourth-order valence-electron chi connectivity index (χ4n) is 0.295. The van der Waals surface area contributed by atoms with Crippen molar-refractivity contribution in [3.05, 3.63) is 12.3 Å². The predicted octanol–water partition coefficient (Wildman–Crippen LogP) is 0.697. The zero-order valence-electron chi connectivity index (χ0n) is 2.86. The van der Waals surface area contributed by atoms with Crippen molar-refractivity contribution < 1.29 is 0 Å². The summed E-state index contributed by atoms with van der Waals surface area (Å²) >= 11 is 0. The van der Waals surface area contributed by atoms with Crippen molar-refractivity contribution >= 4 is 8.73 Å². The van der Waals surface area contributed by atoms with E-state index in [1.807, 2.05) is 6.20 Å². The quantitative estimate of drug-likeness (QED) is 0.429. The molecule has 0 aliphatic carbocycles. The first-order valence-corrected chi connectivity index (χ1v) is 2.84. The summed E-state index contributed by atoms with van der Waals surface area (Å²) in [7, 11) is 0.948. The van der Waals surface area contributed by atoms with Crippen LogP contribution in [0, 0.1) is 0 Å². The minimum absolute atomic E-state index is 0.948. The molecular formula is C3H6NP. The van der Waals surface area contributed by atoms with E-state index < -0.39 is 0 Å². The molecule has 0 fully saturated rings. The van der Waals surface area contributed by atoms with Crippen LogP contribution >= 0.6 is 8.73 Å². The van der Waals surface area contributed by atoms with Gasteiger partial charge in [0.2, 0.25) is 0 Å². The van der Waals surface area contributed by atoms with Crippen LogP contribution in [0.15, 0.2) is 12.3 Å². The Balaban J connectivity index is 2.32. The Morgan fingerprint density at radius 1 is 1.80 bits per heavy atom. The lowest BCUT2D eigenvalue weighted by molar-refractivity contribution is 1.44. The van der Waals surface area contributed by atoms with Crippen molar-refractivity contribution in [3.8, 4) is 0 Å². The molecule has 5 heavy (non-hydrogen) atoms. The van der Waals surface area contributed by atoms with Gasteiger partial charge in [-0.15, -0.1) is 0 Å². The molecule has 1 aliphatic heterocycles. The molecule has 0 saturated carbocycles. The lowest BCUT2D eigenvalue weighted by Crippen LogP contribution is -1.75. The summed E-state index contributed by atoms with van der Waals surface area (Å²) in [5.41, 5.74) is 0. The molecule has 0 aromatic heterocycles. The van der Waals surface area contributed by atoms with Crippen molar-refractivity contribution in [2.24, 2.45) is 0 Å². The summed E-state index contributed by atoms with van der Waals surface area (Å²) in [4.78, 5) is 0. The van der Waals surface area contributed by atoms with Crippen molar-refractivity contribution in [1.29, 1.82) is 0 Å². The molecule has 1 unspecified atom stereocenters. The second-order valence-electron chi connectivity index (χ2n) is 0.928. The molecular weight excluding hydrogens is 81.0 g/mol. The summed E-state index contributed by atoms with van der Waals surface area (Å²) in [6.07, 6.45) is 5.37. The summed E-state index contributed by atoms with van der Waals surface area (Å²) in [6, 6.07) is 0. The van der Waals surface area contributed by atoms with E-state index in [-0.39, 0.29) is 0 Å². The van der Waals surface area contributed by atoms with Gasteiger partial charge in [-0.1, -0.05) is 6.08 Å². The molecule has 0 bridgehead atoms. The molecule has 0 amide bonds. The fourth-order valence-corrected chi connectivity index (χ4v) is 0.884. The first-order chi connectivity index (χ1) is 2.50. The van der Waals surface area contributed by atoms with E-state index in [1.54, 1.807) is 0 Å². The highest BCUT2D eigenvalue weighted by molar-refractivity contribution is 7.36. The average molecular weight is 87.1 g/mol. The van der Waals surface area contributed by atoms with Crippen LogP contribution < -0.4 is 5.09 Å². The van der Waals surface area contributed by atoms with Gasteiger partial charge in [-0.3, -0.25) is 0 Å². The van der Waals surface area contributed by atoms with Crippen molar-refractivity contribution in [3.63, 3.8) is 0 Å². The van der Waals surface area contributed by atoms with E-state index in [0.717, 1.165) is 8.73 Å². The van der Waals surface area contributed by atoms with E-state index in [0.29, 0.717) is 0 Å². The lowest BCUT2D eigenvalue weighted by atomic mass is 10.7. The Labute approximate surface area is 33.3 Å². The smallest absolute Gasteiger partial charge is 0.00260 e. The fraction of sp³-hybridized carbons (Fsp3) is 0.333. The molecule has 0 aromatic carbocycles. The highest BCUT2D eigenvalue weighted by atomic mass is 31.1. The van der Waals surface area contributed by atoms with Crippen molar-refractivity contribution in [1.82, 2.24) is 5.09 Å². The molecule has 28 valence electrons. The van der Waals surface area contributed by atoms with E-state index in [9.17, 15) is 0 Å². The Bertz CT molecular complexity index is 44.9. The van der Waals surface area contributed by atoms with Gasteiger partial charge in [-0.05, 0) is 14.9 Å². The zero-order chi connectivity index (χ0) is 3.54. The van der Waals surface area contributed by atoms with Gasteiger partial charge < -0.3 is 5.09 Å². The molecule has 0 radical (unpaired) electrons. The number of allylic oxidation sites excluding steroid dienone is 1. The first kappa shape index (κ1) is 3.17. The second-order valence-corrected chi connectivity index (χ2v) is 1.98. The number of hydrogen-bond acceptors (Lipinski definition) is 1. The number of nitrogens with one attached hydrogen (secondary N) is 1. The minimum Gasteiger partial charge on any atom is -0.373 e. The summed E-state index contributed by atoms with van der Waals surface area (Å²) in [5.74, 6) is 0. The Kier molecular flexibility index (Phi) is 0.899. The van der Waals surface area contributed by atoms with E-state index >= 15 is 0 Å². The van der Waals surface area contributed by atoms with Crippen LogP contribution in [-0.4, -0.2) is 6.16 Å². The minimum atomic E-state index is 0.948. The average Bonchev–Trinajstić information content (AvgIpc) is 1.76. The maximum Gasteiger partial charge on any atom is 0.00260 e. The van der Waals surface area contributed by atoms with Crippen LogP contribution in [-0.2, 0) is 0 Å². The molecule has 1 rings (SSSR count). The van der Waals surface area contributed by atoms with Crippen LogP contribution in [0.5, 0.6) is 0 Å². The van der Waals surface area contributed by atoms with Gasteiger partial charge in [0.15, 0.2) is 0 Å². The first-order valence-electron chi connectivity index (χ1n) is 1.63. The van der Waals surface area contributed by atoms with E-state index in [2.05, 4.69) is 11.2 Å². The number of hydrogen-bond donors (Lipinski definition) is 1. The van der Waals surface area contributed by atoms with Crippen LogP contribution in [0.3, 0.4) is 0 Å². The molecule has 1 heterocycles. The maximum absolute atomic E-state index is 3.07. The molecule has 2 heteroatoms. The Hall–Kier alpha value is -0.0300. The topological polar surface area (TPSA) is 12.0 Å². The zero-order valence-corrected chi connectivity index (χ0v) is 3.86. The van der Waals surface area contributed by atoms with Gasteiger partial charge in [0.25, 0.3) is 0 Å². The Morgan fingerprint density at radius 3 is 3.00 bits per heavy atom. The van der Waals surface area contributed by atoms with Gasteiger partial charge in [0.05, 0.1) is 0 Å². The highest BCUT2D eigenvalue weighted by Gasteiger charge is 1.81. The normalized spacial score (nSPS) is 24.0.